The molecule has 0 amide bonds. The van der Waals surface area contributed by atoms with Gasteiger partial charge in [-0.2, -0.15) is 0 Å². The molecule has 110 valence electrons. The molecule has 2 rings (SSSR count). The topological polar surface area (TPSA) is 79.4 Å². The molecule has 5 heteroatoms. The molecule has 0 saturated heterocycles. The molecule has 0 aromatic carbocycles. The van der Waals surface area contributed by atoms with Crippen LogP contribution in [-0.2, 0) is 4.74 Å². The molecule has 1 aliphatic rings. The molecule has 1 aliphatic carbocycles. The maximum Gasteiger partial charge on any atom is 0.343 e. The van der Waals surface area contributed by atoms with E-state index >= 15 is 0 Å². The van der Waals surface area contributed by atoms with Gasteiger partial charge in [-0.3, -0.25) is 4.79 Å². The highest BCUT2D eigenvalue weighted by molar-refractivity contribution is 5.88. The average molecular weight is 279 g/mol. The molecule has 1 unspecified atom stereocenters. The molecule has 0 bridgehead atoms. The highest BCUT2D eigenvalue weighted by Gasteiger charge is 2.39. The number of rotatable bonds is 4. The number of esters is 1. The molecule has 1 atom stereocenters. The van der Waals surface area contributed by atoms with Crippen LogP contribution >= 0.6 is 0 Å². The van der Waals surface area contributed by atoms with Gasteiger partial charge in [-0.05, 0) is 19.8 Å². The lowest BCUT2D eigenvalue weighted by Gasteiger charge is -2.39. The number of aliphatic hydroxyl groups excluding tert-OH is 1. The number of nitrogens with one attached hydrogen (secondary N) is 1. The second-order valence-electron chi connectivity index (χ2n) is 5.55. The summed E-state index contributed by atoms with van der Waals surface area (Å²) in [7, 11) is 0. The number of aromatic amines is 1. The minimum atomic E-state index is -0.627. The zero-order valence-electron chi connectivity index (χ0n) is 11.7. The highest BCUT2D eigenvalue weighted by atomic mass is 16.5. The molecule has 5 nitrogen and oxygen atoms in total. The van der Waals surface area contributed by atoms with E-state index in [0.717, 1.165) is 32.1 Å². The zero-order valence-corrected chi connectivity index (χ0v) is 11.7. The van der Waals surface area contributed by atoms with E-state index in [-0.39, 0.29) is 23.0 Å². The van der Waals surface area contributed by atoms with Gasteiger partial charge < -0.3 is 14.8 Å². The van der Waals surface area contributed by atoms with Crippen LogP contribution < -0.4 is 5.43 Å². The third kappa shape index (κ3) is 2.93. The molecule has 0 radical (unpaired) electrons. The van der Waals surface area contributed by atoms with Crippen molar-refractivity contribution in [1.82, 2.24) is 4.98 Å². The number of hydrogen-bond acceptors (Lipinski definition) is 4. The van der Waals surface area contributed by atoms with Crippen molar-refractivity contribution in [2.24, 2.45) is 5.41 Å². The van der Waals surface area contributed by atoms with E-state index in [1.54, 1.807) is 6.92 Å². The van der Waals surface area contributed by atoms with E-state index in [1.165, 1.54) is 18.5 Å². The summed E-state index contributed by atoms with van der Waals surface area (Å²) < 4.78 is 5.43. The third-order valence-electron chi connectivity index (χ3n) is 4.35. The maximum absolute atomic E-state index is 12.1. The van der Waals surface area contributed by atoms with Crippen LogP contribution in [0, 0.1) is 5.41 Å². The van der Waals surface area contributed by atoms with Crippen molar-refractivity contribution in [3.63, 3.8) is 0 Å². The Hall–Kier alpha value is -1.62. The standard InChI is InChI=1S/C15H21NO4/c1-11(15(10-17)6-3-2-4-7-15)20-14(19)12-9-16-8-5-13(12)18/h5,8-9,11,17H,2-4,6-7,10H2,1H3,(H,16,18). The Labute approximate surface area is 118 Å². The van der Waals surface area contributed by atoms with Gasteiger partial charge in [0.05, 0.1) is 6.61 Å². The van der Waals surface area contributed by atoms with Crippen molar-refractivity contribution >= 4 is 5.97 Å². The summed E-state index contributed by atoms with van der Waals surface area (Å²) in [4.78, 5) is 26.4. The lowest BCUT2D eigenvalue weighted by atomic mass is 9.71. The van der Waals surface area contributed by atoms with Crippen LogP contribution in [0.5, 0.6) is 0 Å². The van der Waals surface area contributed by atoms with Crippen molar-refractivity contribution in [3.05, 3.63) is 34.2 Å². The Balaban J connectivity index is 2.10. The molecule has 0 spiro atoms. The van der Waals surface area contributed by atoms with Gasteiger partial charge in [0.25, 0.3) is 0 Å². The van der Waals surface area contributed by atoms with Gasteiger partial charge in [-0.15, -0.1) is 0 Å². The number of pyridine rings is 1. The molecular weight excluding hydrogens is 258 g/mol. The monoisotopic (exact) mass is 279 g/mol. The molecule has 1 aromatic heterocycles. The SMILES string of the molecule is CC(OC(=O)c1c[nH]ccc1=O)C1(CO)CCCCC1. The first-order valence-electron chi connectivity index (χ1n) is 7.08. The van der Waals surface area contributed by atoms with Crippen LogP contribution in [0.25, 0.3) is 0 Å². The van der Waals surface area contributed by atoms with Gasteiger partial charge >= 0.3 is 5.97 Å². The number of ether oxygens (including phenoxy) is 1. The second-order valence-corrected chi connectivity index (χ2v) is 5.55. The number of hydrogen-bond donors (Lipinski definition) is 2. The molecule has 1 fully saturated rings. The van der Waals surface area contributed by atoms with E-state index in [0.29, 0.717) is 0 Å². The normalized spacial score (nSPS) is 19.3. The predicted octanol–water partition coefficient (Wildman–Crippen LogP) is 1.86. The molecular formula is C15H21NO4. The summed E-state index contributed by atoms with van der Waals surface area (Å²) in [6.45, 7) is 1.81. The van der Waals surface area contributed by atoms with Crippen molar-refractivity contribution < 1.29 is 14.6 Å². The Bertz CT molecular complexity index is 517. The van der Waals surface area contributed by atoms with E-state index in [2.05, 4.69) is 4.98 Å². The van der Waals surface area contributed by atoms with E-state index in [9.17, 15) is 14.7 Å². The zero-order chi connectivity index (χ0) is 14.6. The third-order valence-corrected chi connectivity index (χ3v) is 4.35. The summed E-state index contributed by atoms with van der Waals surface area (Å²) in [6.07, 6.45) is 7.35. The van der Waals surface area contributed by atoms with Crippen molar-refractivity contribution in [2.75, 3.05) is 6.61 Å². The largest absolute Gasteiger partial charge is 0.458 e. The number of aromatic nitrogens is 1. The molecule has 1 saturated carbocycles. The van der Waals surface area contributed by atoms with Gasteiger partial charge in [0.1, 0.15) is 11.7 Å². The molecule has 1 aromatic rings. The minimum Gasteiger partial charge on any atom is -0.458 e. The van der Waals surface area contributed by atoms with Crippen LogP contribution in [0.1, 0.15) is 49.4 Å². The lowest BCUT2D eigenvalue weighted by molar-refractivity contribution is -0.0515. The predicted molar refractivity (Wildman–Crippen MR) is 74.5 cm³/mol. The van der Waals surface area contributed by atoms with Crippen LogP contribution in [0.3, 0.4) is 0 Å². The van der Waals surface area contributed by atoms with Crippen LogP contribution in [-0.4, -0.2) is 28.8 Å². The molecule has 1 heterocycles. The van der Waals surface area contributed by atoms with E-state index in [1.807, 2.05) is 0 Å². The van der Waals surface area contributed by atoms with Crippen molar-refractivity contribution in [3.8, 4) is 0 Å². The Morgan fingerprint density at radius 1 is 1.45 bits per heavy atom. The van der Waals surface area contributed by atoms with E-state index in [4.69, 9.17) is 4.74 Å². The highest BCUT2D eigenvalue weighted by Crippen LogP contribution is 2.40. The van der Waals surface area contributed by atoms with E-state index < -0.39 is 12.1 Å². The summed E-state index contributed by atoms with van der Waals surface area (Å²) in [5, 5.41) is 9.69. The first-order valence-corrected chi connectivity index (χ1v) is 7.08. The number of aliphatic hydroxyl groups is 1. The van der Waals surface area contributed by atoms with Gasteiger partial charge in [0.15, 0.2) is 5.43 Å². The summed E-state index contributed by atoms with van der Waals surface area (Å²) >= 11 is 0. The van der Waals surface area contributed by atoms with Gasteiger partial charge in [-0.25, -0.2) is 4.79 Å². The first kappa shape index (κ1) is 14.8. The van der Waals surface area contributed by atoms with Crippen LogP contribution in [0.2, 0.25) is 0 Å². The average Bonchev–Trinajstić information content (AvgIpc) is 2.48. The Kier molecular flexibility index (Phi) is 4.60. The summed E-state index contributed by atoms with van der Waals surface area (Å²) in [5.41, 5.74) is -0.721. The second kappa shape index (κ2) is 6.22. The fraction of sp³-hybridized carbons (Fsp3) is 0.600. The number of H-pyrrole nitrogens is 1. The number of carbonyl (C=O) groups is 1. The van der Waals surface area contributed by atoms with Crippen molar-refractivity contribution in [1.29, 1.82) is 0 Å². The fourth-order valence-corrected chi connectivity index (χ4v) is 2.87. The molecule has 20 heavy (non-hydrogen) atoms. The van der Waals surface area contributed by atoms with Gasteiger partial charge in [0, 0.05) is 23.9 Å². The lowest BCUT2D eigenvalue weighted by Crippen LogP contribution is -2.41. The molecule has 0 aliphatic heterocycles. The fourth-order valence-electron chi connectivity index (χ4n) is 2.87. The maximum atomic E-state index is 12.1. The number of carbonyl (C=O) groups excluding carboxylic acids is 1. The summed E-state index contributed by atoms with van der Waals surface area (Å²) in [6, 6.07) is 1.30. The van der Waals surface area contributed by atoms with Crippen LogP contribution in [0.4, 0.5) is 0 Å². The Morgan fingerprint density at radius 3 is 2.75 bits per heavy atom. The van der Waals surface area contributed by atoms with Crippen molar-refractivity contribution in [2.45, 2.75) is 45.1 Å². The molecule has 2 N–H and O–H groups in total. The smallest absolute Gasteiger partial charge is 0.343 e. The minimum absolute atomic E-state index is 0.00301. The van der Waals surface area contributed by atoms with Gasteiger partial charge in [0.2, 0.25) is 0 Å². The van der Waals surface area contributed by atoms with Gasteiger partial charge in [-0.1, -0.05) is 19.3 Å². The van der Waals surface area contributed by atoms with Crippen LogP contribution in [0.15, 0.2) is 23.3 Å². The quantitative estimate of drug-likeness (QED) is 0.824. The first-order chi connectivity index (χ1) is 9.59. The summed E-state index contributed by atoms with van der Waals surface area (Å²) in [5.74, 6) is -0.627. The Morgan fingerprint density at radius 2 is 2.15 bits per heavy atom.